The van der Waals surface area contributed by atoms with Crippen LogP contribution in [0.5, 0.6) is 0 Å². The van der Waals surface area contributed by atoms with E-state index in [0.29, 0.717) is 13.1 Å². The number of pyridine rings is 1. The summed E-state index contributed by atoms with van der Waals surface area (Å²) >= 11 is 0. The summed E-state index contributed by atoms with van der Waals surface area (Å²) in [5.74, 6) is 0.0578. The van der Waals surface area contributed by atoms with Gasteiger partial charge < -0.3 is 5.32 Å². The zero-order chi connectivity index (χ0) is 12.3. The summed E-state index contributed by atoms with van der Waals surface area (Å²) < 4.78 is 25.9. The Labute approximate surface area is 102 Å². The summed E-state index contributed by atoms with van der Waals surface area (Å²) in [6, 6.07) is 3.70. The highest BCUT2D eigenvalue weighted by Gasteiger charge is 2.26. The molecule has 0 radical (unpaired) electrons. The highest BCUT2D eigenvalue weighted by molar-refractivity contribution is 7.88. The van der Waals surface area contributed by atoms with Crippen LogP contribution >= 0.6 is 0 Å². The number of nitrogens with one attached hydrogen (secondary N) is 1. The van der Waals surface area contributed by atoms with Gasteiger partial charge in [-0.05, 0) is 24.6 Å². The van der Waals surface area contributed by atoms with Crippen LogP contribution in [0.25, 0.3) is 0 Å². The van der Waals surface area contributed by atoms with Gasteiger partial charge in [0.2, 0.25) is 10.0 Å². The Morgan fingerprint density at radius 3 is 2.82 bits per heavy atom. The predicted molar refractivity (Wildman–Crippen MR) is 65.9 cm³/mol. The van der Waals surface area contributed by atoms with Gasteiger partial charge in [-0.3, -0.25) is 4.98 Å². The monoisotopic (exact) mass is 255 g/mol. The lowest BCUT2D eigenvalue weighted by molar-refractivity contribution is 0.310. The minimum atomic E-state index is -3.20. The van der Waals surface area contributed by atoms with E-state index in [1.165, 1.54) is 0 Å². The molecule has 17 heavy (non-hydrogen) atoms. The topological polar surface area (TPSA) is 62.3 Å². The quantitative estimate of drug-likeness (QED) is 0.838. The zero-order valence-electron chi connectivity index (χ0n) is 9.83. The lowest BCUT2D eigenvalue weighted by Gasteiger charge is -2.31. The van der Waals surface area contributed by atoms with E-state index >= 15 is 0 Å². The third-order valence-corrected chi connectivity index (χ3v) is 4.64. The minimum Gasteiger partial charge on any atom is -0.312 e. The van der Waals surface area contributed by atoms with Crippen molar-refractivity contribution in [2.75, 3.05) is 19.6 Å². The van der Waals surface area contributed by atoms with Crippen LogP contribution in [0.2, 0.25) is 0 Å². The van der Waals surface area contributed by atoms with E-state index in [0.717, 1.165) is 12.1 Å². The molecule has 0 spiro atoms. The summed E-state index contributed by atoms with van der Waals surface area (Å²) in [6.45, 7) is 3.82. The van der Waals surface area contributed by atoms with Gasteiger partial charge in [0, 0.05) is 38.1 Å². The molecule has 0 saturated carbocycles. The van der Waals surface area contributed by atoms with E-state index in [4.69, 9.17) is 0 Å². The lowest BCUT2D eigenvalue weighted by Crippen LogP contribution is -2.51. The first kappa shape index (κ1) is 12.5. The maximum Gasteiger partial charge on any atom is 0.218 e. The van der Waals surface area contributed by atoms with Crippen LogP contribution in [0.3, 0.4) is 0 Å². The second-order valence-electron chi connectivity index (χ2n) is 4.32. The van der Waals surface area contributed by atoms with Crippen molar-refractivity contribution >= 4 is 10.0 Å². The van der Waals surface area contributed by atoms with E-state index in [1.54, 1.807) is 28.8 Å². The van der Waals surface area contributed by atoms with E-state index in [1.807, 2.05) is 6.92 Å². The van der Waals surface area contributed by atoms with Crippen molar-refractivity contribution in [3.8, 4) is 0 Å². The average Bonchev–Trinajstić information content (AvgIpc) is 2.30. The maximum absolute atomic E-state index is 12.2. The molecule has 0 amide bonds. The smallest absolute Gasteiger partial charge is 0.218 e. The number of piperazine rings is 1. The summed E-state index contributed by atoms with van der Waals surface area (Å²) in [5, 5.41) is 3.23. The minimum absolute atomic E-state index is 0.0578. The van der Waals surface area contributed by atoms with Crippen LogP contribution in [0.1, 0.15) is 12.5 Å². The highest BCUT2D eigenvalue weighted by atomic mass is 32.2. The first-order chi connectivity index (χ1) is 8.08. The van der Waals surface area contributed by atoms with Gasteiger partial charge in [0.05, 0.1) is 5.75 Å². The Morgan fingerprint density at radius 1 is 1.47 bits per heavy atom. The van der Waals surface area contributed by atoms with Gasteiger partial charge in [-0.25, -0.2) is 8.42 Å². The standard InChI is InChI=1S/C11H17N3O2S/c1-10-8-14(7-6-13-10)17(15,16)9-11-2-4-12-5-3-11/h2-5,10,13H,6-9H2,1H3/t10-/m0/s1. The Hall–Kier alpha value is -0.980. The Bertz CT molecular complexity index is 461. The number of rotatable bonds is 3. The number of sulfonamides is 1. The largest absolute Gasteiger partial charge is 0.312 e. The molecule has 94 valence electrons. The fourth-order valence-electron chi connectivity index (χ4n) is 1.93. The van der Waals surface area contributed by atoms with E-state index in [9.17, 15) is 8.42 Å². The molecule has 0 unspecified atom stereocenters. The van der Waals surface area contributed by atoms with Crippen molar-refractivity contribution in [3.63, 3.8) is 0 Å². The van der Waals surface area contributed by atoms with Crippen LogP contribution in [0, 0.1) is 0 Å². The van der Waals surface area contributed by atoms with Crippen LogP contribution in [-0.2, 0) is 15.8 Å². The van der Waals surface area contributed by atoms with Gasteiger partial charge in [0.15, 0.2) is 0 Å². The molecule has 1 aliphatic heterocycles. The molecule has 2 rings (SSSR count). The number of hydrogen-bond donors (Lipinski definition) is 1. The average molecular weight is 255 g/mol. The van der Waals surface area contributed by atoms with E-state index in [-0.39, 0.29) is 11.8 Å². The van der Waals surface area contributed by atoms with Crippen molar-refractivity contribution in [1.82, 2.24) is 14.6 Å². The third kappa shape index (κ3) is 3.24. The van der Waals surface area contributed by atoms with Crippen molar-refractivity contribution < 1.29 is 8.42 Å². The molecule has 1 aromatic heterocycles. The predicted octanol–water partition coefficient (Wildman–Crippen LogP) is 0.205. The molecule has 0 bridgehead atoms. The van der Waals surface area contributed by atoms with Gasteiger partial charge in [-0.1, -0.05) is 0 Å². The third-order valence-electron chi connectivity index (χ3n) is 2.82. The van der Waals surface area contributed by atoms with Crippen molar-refractivity contribution in [1.29, 1.82) is 0 Å². The molecule has 0 aromatic carbocycles. The first-order valence-electron chi connectivity index (χ1n) is 5.68. The van der Waals surface area contributed by atoms with E-state index < -0.39 is 10.0 Å². The molecule has 1 aliphatic rings. The van der Waals surface area contributed by atoms with Gasteiger partial charge in [0.1, 0.15) is 0 Å². The molecular formula is C11H17N3O2S. The van der Waals surface area contributed by atoms with Crippen LogP contribution in [0.15, 0.2) is 24.5 Å². The second kappa shape index (κ2) is 5.12. The van der Waals surface area contributed by atoms with Gasteiger partial charge in [-0.2, -0.15) is 4.31 Å². The molecule has 0 aliphatic carbocycles. The Balaban J connectivity index is 2.08. The molecule has 2 heterocycles. The lowest BCUT2D eigenvalue weighted by atomic mass is 10.3. The fourth-order valence-corrected chi connectivity index (χ4v) is 3.55. The highest BCUT2D eigenvalue weighted by Crippen LogP contribution is 2.12. The maximum atomic E-state index is 12.2. The summed E-state index contributed by atoms with van der Waals surface area (Å²) in [7, 11) is -3.20. The van der Waals surface area contributed by atoms with Crippen LogP contribution in [-0.4, -0.2) is 43.4 Å². The molecule has 6 heteroatoms. The van der Waals surface area contributed by atoms with Crippen molar-refractivity contribution in [2.24, 2.45) is 0 Å². The normalized spacial score (nSPS) is 22.5. The number of aromatic nitrogens is 1. The molecule has 1 saturated heterocycles. The van der Waals surface area contributed by atoms with Gasteiger partial charge in [0.25, 0.3) is 0 Å². The summed E-state index contributed by atoms with van der Waals surface area (Å²) in [6.07, 6.45) is 3.23. The SMILES string of the molecule is C[C@H]1CN(S(=O)(=O)Cc2ccncc2)CCN1. The van der Waals surface area contributed by atoms with Crippen molar-refractivity contribution in [3.05, 3.63) is 30.1 Å². The van der Waals surface area contributed by atoms with Crippen LogP contribution < -0.4 is 5.32 Å². The summed E-state index contributed by atoms with van der Waals surface area (Å²) in [5.41, 5.74) is 0.784. The first-order valence-corrected chi connectivity index (χ1v) is 7.29. The number of nitrogens with zero attached hydrogens (tertiary/aromatic N) is 2. The Kier molecular flexibility index (Phi) is 3.76. The zero-order valence-corrected chi connectivity index (χ0v) is 10.7. The van der Waals surface area contributed by atoms with Gasteiger partial charge in [-0.15, -0.1) is 0 Å². The number of hydrogen-bond acceptors (Lipinski definition) is 4. The van der Waals surface area contributed by atoms with Crippen LogP contribution in [0.4, 0.5) is 0 Å². The van der Waals surface area contributed by atoms with Gasteiger partial charge >= 0.3 is 0 Å². The molecule has 1 atom stereocenters. The molecule has 1 N–H and O–H groups in total. The molecular weight excluding hydrogens is 238 g/mol. The fraction of sp³-hybridized carbons (Fsp3) is 0.545. The molecule has 1 aromatic rings. The molecule has 5 nitrogen and oxygen atoms in total. The summed E-state index contributed by atoms with van der Waals surface area (Å²) in [4.78, 5) is 3.88. The van der Waals surface area contributed by atoms with Crippen molar-refractivity contribution in [2.45, 2.75) is 18.7 Å². The second-order valence-corrected chi connectivity index (χ2v) is 6.29. The van der Waals surface area contributed by atoms with E-state index in [2.05, 4.69) is 10.3 Å². The Morgan fingerprint density at radius 2 is 2.18 bits per heavy atom. The molecule has 1 fully saturated rings.